The molecule has 88 valence electrons. The monoisotopic (exact) mass is 221 g/mol. The van der Waals surface area contributed by atoms with E-state index in [1.54, 1.807) is 12.4 Å². The first-order valence-corrected chi connectivity index (χ1v) is 5.50. The lowest BCUT2D eigenvalue weighted by Gasteiger charge is -2.28. The highest BCUT2D eigenvalue weighted by Gasteiger charge is 2.17. The van der Waals surface area contributed by atoms with Crippen molar-refractivity contribution in [1.82, 2.24) is 9.97 Å². The molecular weight excluding hydrogens is 202 g/mol. The van der Waals surface area contributed by atoms with Gasteiger partial charge in [0.05, 0.1) is 0 Å². The van der Waals surface area contributed by atoms with Gasteiger partial charge in [0.1, 0.15) is 11.5 Å². The predicted molar refractivity (Wildman–Crippen MR) is 65.8 cm³/mol. The number of aromatic nitrogens is 2. The van der Waals surface area contributed by atoms with E-state index in [1.165, 1.54) is 0 Å². The first-order chi connectivity index (χ1) is 7.61. The fraction of sp³-hybridized carbons (Fsp3) is 0.545. The Morgan fingerprint density at radius 1 is 1.38 bits per heavy atom. The molecule has 0 saturated carbocycles. The number of nitrogens with one attached hydrogen (secondary N) is 1. The van der Waals surface area contributed by atoms with Crippen molar-refractivity contribution in [2.75, 3.05) is 11.9 Å². The molecule has 0 radical (unpaired) electrons. The molecule has 0 aliphatic rings. The van der Waals surface area contributed by atoms with Gasteiger partial charge in [-0.25, -0.2) is 9.97 Å². The van der Waals surface area contributed by atoms with Crippen LogP contribution in [0.4, 0.5) is 5.82 Å². The third-order valence-electron chi connectivity index (χ3n) is 2.76. The molecule has 0 aliphatic carbocycles. The summed E-state index contributed by atoms with van der Waals surface area (Å²) in [6.45, 7) is 4.27. The van der Waals surface area contributed by atoms with Crippen LogP contribution in [0.2, 0.25) is 0 Å². The molecule has 0 bridgehead atoms. The molecule has 1 aromatic rings. The van der Waals surface area contributed by atoms with Gasteiger partial charge >= 0.3 is 0 Å². The fourth-order valence-corrected chi connectivity index (χ4v) is 1.79. The normalized spacial score (nSPS) is 10.5. The van der Waals surface area contributed by atoms with E-state index in [1.807, 2.05) is 11.9 Å². The van der Waals surface area contributed by atoms with Gasteiger partial charge in [0.15, 0.2) is 5.82 Å². The lowest BCUT2D eigenvalue weighted by atomic mass is 10.1. The largest absolute Gasteiger partial charge is 0.382 e. The third kappa shape index (κ3) is 2.48. The minimum atomic E-state index is -0.0408. The summed E-state index contributed by atoms with van der Waals surface area (Å²) in [6, 6.07) is 0.398. The molecule has 0 saturated heterocycles. The number of nitrogen functional groups attached to an aromatic ring is 1. The van der Waals surface area contributed by atoms with Gasteiger partial charge in [0, 0.05) is 25.5 Å². The molecular formula is C11H19N5. The maximum atomic E-state index is 7.47. The standard InChI is InChI=1S/C11H19N5/c1-4-8(5-2)16(3)11-9(10(12)13)14-6-7-15-11/h6-8H,4-5H2,1-3H3,(H3,12,13). The number of hydrogen-bond acceptors (Lipinski definition) is 4. The Morgan fingerprint density at radius 3 is 2.44 bits per heavy atom. The van der Waals surface area contributed by atoms with E-state index < -0.39 is 0 Å². The molecule has 0 unspecified atom stereocenters. The van der Waals surface area contributed by atoms with Crippen LogP contribution in [0.25, 0.3) is 0 Å². The van der Waals surface area contributed by atoms with Gasteiger partial charge < -0.3 is 10.6 Å². The highest BCUT2D eigenvalue weighted by molar-refractivity contribution is 5.97. The molecule has 1 rings (SSSR count). The summed E-state index contributed by atoms with van der Waals surface area (Å²) in [6.07, 6.45) is 5.24. The molecule has 1 heterocycles. The van der Waals surface area contributed by atoms with E-state index in [-0.39, 0.29) is 5.84 Å². The Morgan fingerprint density at radius 2 is 1.94 bits per heavy atom. The van der Waals surface area contributed by atoms with Crippen molar-refractivity contribution in [3.63, 3.8) is 0 Å². The first kappa shape index (κ1) is 12.4. The molecule has 5 nitrogen and oxygen atoms in total. The van der Waals surface area contributed by atoms with Gasteiger partial charge in [0.25, 0.3) is 0 Å². The minimum Gasteiger partial charge on any atom is -0.382 e. The van der Waals surface area contributed by atoms with Crippen LogP contribution in [0.3, 0.4) is 0 Å². The van der Waals surface area contributed by atoms with E-state index in [0.717, 1.165) is 12.8 Å². The highest BCUT2D eigenvalue weighted by Crippen LogP contribution is 2.18. The van der Waals surface area contributed by atoms with Crippen LogP contribution >= 0.6 is 0 Å². The van der Waals surface area contributed by atoms with Crippen molar-refractivity contribution in [3.05, 3.63) is 18.1 Å². The fourth-order valence-electron chi connectivity index (χ4n) is 1.79. The maximum absolute atomic E-state index is 7.47. The smallest absolute Gasteiger partial charge is 0.158 e. The Bertz CT molecular complexity index is 359. The summed E-state index contributed by atoms with van der Waals surface area (Å²) in [5.74, 6) is 0.643. The Kier molecular flexibility index (Phi) is 4.22. The van der Waals surface area contributed by atoms with Crippen LogP contribution in [-0.2, 0) is 0 Å². The zero-order chi connectivity index (χ0) is 12.1. The van der Waals surface area contributed by atoms with Crippen LogP contribution in [0.15, 0.2) is 12.4 Å². The Hall–Kier alpha value is -1.65. The van der Waals surface area contributed by atoms with E-state index in [4.69, 9.17) is 11.1 Å². The van der Waals surface area contributed by atoms with Crippen molar-refractivity contribution in [2.24, 2.45) is 5.73 Å². The van der Waals surface area contributed by atoms with Crippen molar-refractivity contribution in [3.8, 4) is 0 Å². The molecule has 16 heavy (non-hydrogen) atoms. The van der Waals surface area contributed by atoms with Gasteiger partial charge in [0.2, 0.25) is 0 Å². The second-order valence-electron chi connectivity index (χ2n) is 3.72. The average Bonchev–Trinajstić information content (AvgIpc) is 2.30. The van der Waals surface area contributed by atoms with Gasteiger partial charge in [-0.2, -0.15) is 0 Å². The molecule has 0 atom stereocenters. The third-order valence-corrected chi connectivity index (χ3v) is 2.76. The van der Waals surface area contributed by atoms with Crippen molar-refractivity contribution in [1.29, 1.82) is 5.41 Å². The first-order valence-electron chi connectivity index (χ1n) is 5.50. The quantitative estimate of drug-likeness (QED) is 0.581. The molecule has 1 aromatic heterocycles. The number of anilines is 1. The lowest BCUT2D eigenvalue weighted by molar-refractivity contribution is 0.585. The van der Waals surface area contributed by atoms with Crippen LogP contribution in [-0.4, -0.2) is 28.9 Å². The molecule has 0 aromatic carbocycles. The van der Waals surface area contributed by atoms with Crippen molar-refractivity contribution in [2.45, 2.75) is 32.7 Å². The van der Waals surface area contributed by atoms with Crippen molar-refractivity contribution >= 4 is 11.7 Å². The number of rotatable bonds is 5. The van der Waals surface area contributed by atoms with Crippen LogP contribution in [0.1, 0.15) is 32.4 Å². The number of amidine groups is 1. The van der Waals surface area contributed by atoms with E-state index in [0.29, 0.717) is 17.6 Å². The van der Waals surface area contributed by atoms with Crippen LogP contribution in [0.5, 0.6) is 0 Å². The van der Waals surface area contributed by atoms with Gasteiger partial charge in [-0.1, -0.05) is 13.8 Å². The van der Waals surface area contributed by atoms with E-state index in [9.17, 15) is 0 Å². The minimum absolute atomic E-state index is 0.0408. The summed E-state index contributed by atoms with van der Waals surface area (Å²) in [5.41, 5.74) is 5.95. The Balaban J connectivity index is 3.07. The zero-order valence-electron chi connectivity index (χ0n) is 10.1. The topological polar surface area (TPSA) is 78.9 Å². The SMILES string of the molecule is CCC(CC)N(C)c1nccnc1C(=N)N. The number of nitrogens with zero attached hydrogens (tertiary/aromatic N) is 3. The highest BCUT2D eigenvalue weighted by atomic mass is 15.2. The summed E-state index contributed by atoms with van der Waals surface area (Å²) in [7, 11) is 1.97. The molecule has 5 heteroatoms. The summed E-state index contributed by atoms with van der Waals surface area (Å²) in [5, 5.41) is 7.47. The van der Waals surface area contributed by atoms with E-state index >= 15 is 0 Å². The molecule has 0 aliphatic heterocycles. The van der Waals surface area contributed by atoms with Crippen molar-refractivity contribution < 1.29 is 0 Å². The molecule has 0 amide bonds. The maximum Gasteiger partial charge on any atom is 0.158 e. The zero-order valence-corrected chi connectivity index (χ0v) is 10.1. The summed E-state index contributed by atoms with van der Waals surface area (Å²) < 4.78 is 0. The lowest BCUT2D eigenvalue weighted by Crippen LogP contribution is -2.33. The van der Waals surface area contributed by atoms with Crippen LogP contribution in [0, 0.1) is 5.41 Å². The number of hydrogen-bond donors (Lipinski definition) is 2. The Labute approximate surface area is 96.2 Å². The number of nitrogens with two attached hydrogens (primary N) is 1. The van der Waals surface area contributed by atoms with E-state index in [2.05, 4.69) is 23.8 Å². The van der Waals surface area contributed by atoms with Gasteiger partial charge in [-0.15, -0.1) is 0 Å². The molecule has 3 N–H and O–H groups in total. The molecule has 0 fully saturated rings. The summed E-state index contributed by atoms with van der Waals surface area (Å²) >= 11 is 0. The van der Waals surface area contributed by atoms with Gasteiger partial charge in [-0.05, 0) is 12.8 Å². The predicted octanol–water partition coefficient (Wildman–Crippen LogP) is 1.39. The molecule has 0 spiro atoms. The second kappa shape index (κ2) is 5.44. The second-order valence-corrected chi connectivity index (χ2v) is 3.72. The van der Waals surface area contributed by atoms with Crippen LogP contribution < -0.4 is 10.6 Å². The summed E-state index contributed by atoms with van der Waals surface area (Å²) in [4.78, 5) is 10.4. The average molecular weight is 221 g/mol. The van der Waals surface area contributed by atoms with Gasteiger partial charge in [-0.3, -0.25) is 5.41 Å².